The molecule has 2 N–H and O–H groups in total. The molecule has 0 amide bonds. The summed E-state index contributed by atoms with van der Waals surface area (Å²) in [4.78, 5) is 22.2. The number of nitro groups is 1. The summed E-state index contributed by atoms with van der Waals surface area (Å²) in [7, 11) is 0. The van der Waals surface area contributed by atoms with Gasteiger partial charge in [-0.2, -0.15) is 11.8 Å². The molecule has 0 aliphatic carbocycles. The first-order valence-electron chi connectivity index (χ1n) is 7.08. The molecule has 0 saturated carbocycles. The Labute approximate surface area is 147 Å². The van der Waals surface area contributed by atoms with Gasteiger partial charge in [-0.25, -0.2) is 4.72 Å². The molecule has 6 nitrogen and oxygen atoms in total. The van der Waals surface area contributed by atoms with Gasteiger partial charge in [-0.05, 0) is 23.6 Å². The van der Waals surface area contributed by atoms with Crippen molar-refractivity contribution in [1.82, 2.24) is 4.72 Å². The Hall–Kier alpha value is -2.03. The summed E-state index contributed by atoms with van der Waals surface area (Å²) in [5.74, 6) is 0.0852. The predicted molar refractivity (Wildman–Crippen MR) is 96.1 cm³/mol. The minimum Gasteiger partial charge on any atom is -0.480 e. The molecule has 0 radical (unpaired) electrons. The van der Waals surface area contributed by atoms with Crippen molar-refractivity contribution in [2.75, 3.05) is 5.75 Å². The van der Waals surface area contributed by atoms with Crippen LogP contribution in [-0.2, 0) is 10.5 Å². The highest BCUT2D eigenvalue weighted by molar-refractivity contribution is 7.99. The second-order valence-corrected chi connectivity index (χ2v) is 6.75. The topological polar surface area (TPSA) is 92.5 Å². The third-order valence-electron chi connectivity index (χ3n) is 3.07. The summed E-state index contributed by atoms with van der Waals surface area (Å²) < 4.78 is 2.81. The van der Waals surface area contributed by atoms with Gasteiger partial charge in [0.05, 0.1) is 4.92 Å². The maximum absolute atomic E-state index is 11.4. The van der Waals surface area contributed by atoms with Crippen LogP contribution in [0, 0.1) is 10.1 Å². The fraction of sp³-hybridized carbons (Fsp3) is 0.188. The standard InChI is InChI=1S/C16H16N2O4S2/c19-16(20)13(11-23-10-12-6-2-1-3-7-12)17-24-15-9-5-4-8-14(15)18(21)22/h1-9,13,17H,10-11H2,(H,19,20)/t13-/m1/s1. The average Bonchev–Trinajstić information content (AvgIpc) is 2.58. The number of thioether (sulfide) groups is 1. The molecule has 2 rings (SSSR count). The van der Waals surface area contributed by atoms with Gasteiger partial charge >= 0.3 is 5.97 Å². The van der Waals surface area contributed by atoms with Gasteiger partial charge in [-0.1, -0.05) is 42.5 Å². The van der Waals surface area contributed by atoms with Gasteiger partial charge in [-0.15, -0.1) is 0 Å². The van der Waals surface area contributed by atoms with Crippen LogP contribution >= 0.6 is 23.7 Å². The summed E-state index contributed by atoms with van der Waals surface area (Å²) in [6, 6.07) is 15.2. The van der Waals surface area contributed by atoms with Crippen LogP contribution in [0.25, 0.3) is 0 Å². The second kappa shape index (κ2) is 9.31. The zero-order chi connectivity index (χ0) is 17.4. The normalized spacial score (nSPS) is 11.8. The number of aliphatic carboxylic acids is 1. The molecule has 0 saturated heterocycles. The summed E-state index contributed by atoms with van der Waals surface area (Å²) >= 11 is 2.47. The van der Waals surface area contributed by atoms with E-state index in [1.807, 2.05) is 30.3 Å². The van der Waals surface area contributed by atoms with Gasteiger partial charge in [-0.3, -0.25) is 14.9 Å². The molecule has 2 aromatic carbocycles. The Bertz CT molecular complexity index is 697. The molecule has 2 aromatic rings. The second-order valence-electron chi connectivity index (χ2n) is 4.84. The van der Waals surface area contributed by atoms with Crippen LogP contribution in [0.5, 0.6) is 0 Å². The van der Waals surface area contributed by atoms with E-state index >= 15 is 0 Å². The quantitative estimate of drug-likeness (QED) is 0.399. The SMILES string of the molecule is O=C(O)[C@@H](CSCc1ccccc1)NSc1ccccc1[N+](=O)[O-]. The molecule has 0 spiro atoms. The summed E-state index contributed by atoms with van der Waals surface area (Å²) in [6.07, 6.45) is 0. The molecular formula is C16H16N2O4S2. The Morgan fingerprint density at radius 3 is 2.50 bits per heavy atom. The van der Waals surface area contributed by atoms with E-state index in [-0.39, 0.29) is 5.69 Å². The van der Waals surface area contributed by atoms with E-state index in [1.54, 1.807) is 18.2 Å². The van der Waals surface area contributed by atoms with E-state index in [4.69, 9.17) is 0 Å². The highest BCUT2D eigenvalue weighted by Gasteiger charge is 2.20. The number of para-hydroxylation sites is 1. The number of nitrogens with one attached hydrogen (secondary N) is 1. The van der Waals surface area contributed by atoms with E-state index < -0.39 is 16.9 Å². The minimum atomic E-state index is -0.985. The first kappa shape index (κ1) is 18.3. The molecule has 8 heteroatoms. The largest absolute Gasteiger partial charge is 0.480 e. The monoisotopic (exact) mass is 364 g/mol. The van der Waals surface area contributed by atoms with Crippen molar-refractivity contribution in [2.24, 2.45) is 0 Å². The van der Waals surface area contributed by atoms with Crippen LogP contribution in [0.3, 0.4) is 0 Å². The molecule has 24 heavy (non-hydrogen) atoms. The molecule has 126 valence electrons. The van der Waals surface area contributed by atoms with E-state index in [2.05, 4.69) is 4.72 Å². The molecule has 0 aliphatic rings. The van der Waals surface area contributed by atoms with Gasteiger partial charge in [0, 0.05) is 17.6 Å². The highest BCUT2D eigenvalue weighted by Crippen LogP contribution is 2.27. The van der Waals surface area contributed by atoms with Crippen LogP contribution in [0.4, 0.5) is 5.69 Å². The number of carboxylic acids is 1. The number of rotatable bonds is 9. The number of benzene rings is 2. The van der Waals surface area contributed by atoms with E-state index in [1.165, 1.54) is 17.8 Å². The molecule has 1 atom stereocenters. The summed E-state index contributed by atoms with van der Waals surface area (Å²) in [6.45, 7) is 0. The predicted octanol–water partition coefficient (Wildman–Crippen LogP) is 3.58. The fourth-order valence-corrected chi connectivity index (χ4v) is 3.81. The third kappa shape index (κ3) is 5.55. The van der Waals surface area contributed by atoms with Crippen molar-refractivity contribution in [1.29, 1.82) is 0 Å². The number of carboxylic acid groups (broad SMARTS) is 1. The van der Waals surface area contributed by atoms with Crippen molar-refractivity contribution in [3.8, 4) is 0 Å². The lowest BCUT2D eigenvalue weighted by Crippen LogP contribution is -2.34. The Balaban J connectivity index is 1.90. The molecule has 0 heterocycles. The zero-order valence-electron chi connectivity index (χ0n) is 12.6. The first-order chi connectivity index (χ1) is 11.6. The average molecular weight is 364 g/mol. The van der Waals surface area contributed by atoms with Crippen molar-refractivity contribution in [3.63, 3.8) is 0 Å². The van der Waals surface area contributed by atoms with E-state index in [0.29, 0.717) is 16.4 Å². The lowest BCUT2D eigenvalue weighted by atomic mass is 10.2. The van der Waals surface area contributed by atoms with Crippen LogP contribution in [-0.4, -0.2) is 27.8 Å². The fourth-order valence-electron chi connectivity index (χ4n) is 1.85. The highest BCUT2D eigenvalue weighted by atomic mass is 32.2. The molecule has 0 fully saturated rings. The van der Waals surface area contributed by atoms with Crippen LogP contribution in [0.2, 0.25) is 0 Å². The zero-order valence-corrected chi connectivity index (χ0v) is 14.3. The van der Waals surface area contributed by atoms with Crippen molar-refractivity contribution < 1.29 is 14.8 Å². The number of hydrogen-bond donors (Lipinski definition) is 2. The molecule has 0 aromatic heterocycles. The minimum absolute atomic E-state index is 0.0453. The third-order valence-corrected chi connectivity index (χ3v) is 5.14. The summed E-state index contributed by atoms with van der Waals surface area (Å²) in [5.41, 5.74) is 1.08. The van der Waals surface area contributed by atoms with Gasteiger partial charge in [0.15, 0.2) is 0 Å². The van der Waals surface area contributed by atoms with Gasteiger partial charge in [0.1, 0.15) is 10.9 Å². The van der Waals surface area contributed by atoms with E-state index in [9.17, 15) is 20.0 Å². The number of carbonyl (C=O) groups is 1. The van der Waals surface area contributed by atoms with Crippen LogP contribution < -0.4 is 4.72 Å². The lowest BCUT2D eigenvalue weighted by Gasteiger charge is -2.13. The lowest BCUT2D eigenvalue weighted by molar-refractivity contribution is -0.387. The van der Waals surface area contributed by atoms with Gasteiger partial charge in [0.25, 0.3) is 5.69 Å². The van der Waals surface area contributed by atoms with Crippen molar-refractivity contribution >= 4 is 35.4 Å². The molecule has 0 bridgehead atoms. The van der Waals surface area contributed by atoms with E-state index in [0.717, 1.165) is 17.5 Å². The number of nitro benzene ring substituents is 1. The van der Waals surface area contributed by atoms with Crippen LogP contribution in [0.15, 0.2) is 59.5 Å². The maximum Gasteiger partial charge on any atom is 0.322 e. The van der Waals surface area contributed by atoms with Crippen LogP contribution in [0.1, 0.15) is 5.56 Å². The smallest absolute Gasteiger partial charge is 0.322 e. The summed E-state index contributed by atoms with van der Waals surface area (Å²) in [5, 5.41) is 20.3. The van der Waals surface area contributed by atoms with Crippen molar-refractivity contribution in [3.05, 3.63) is 70.3 Å². The maximum atomic E-state index is 11.4. The number of nitrogens with zero attached hydrogens (tertiary/aromatic N) is 1. The number of hydrogen-bond acceptors (Lipinski definition) is 6. The Kier molecular flexibility index (Phi) is 7.10. The molecule has 0 aliphatic heterocycles. The first-order valence-corrected chi connectivity index (χ1v) is 9.05. The Morgan fingerprint density at radius 2 is 1.83 bits per heavy atom. The Morgan fingerprint density at radius 1 is 1.17 bits per heavy atom. The molecular weight excluding hydrogens is 348 g/mol. The van der Waals surface area contributed by atoms with Gasteiger partial charge < -0.3 is 5.11 Å². The van der Waals surface area contributed by atoms with Crippen molar-refractivity contribution in [2.45, 2.75) is 16.7 Å². The van der Waals surface area contributed by atoms with Gasteiger partial charge in [0.2, 0.25) is 0 Å². The molecule has 0 unspecified atom stereocenters.